The van der Waals surface area contributed by atoms with Crippen molar-refractivity contribution < 1.29 is 14.3 Å². The lowest BCUT2D eigenvalue weighted by Crippen LogP contribution is -2.39. The van der Waals surface area contributed by atoms with Gasteiger partial charge >= 0.3 is 11.8 Å². The number of nitrogens with one attached hydrogen (secondary N) is 1. The van der Waals surface area contributed by atoms with Crippen LogP contribution >= 0.6 is 0 Å². The Kier molecular flexibility index (Phi) is 5.84. The van der Waals surface area contributed by atoms with E-state index in [0.717, 1.165) is 5.56 Å². The molecule has 0 unspecified atom stereocenters. The van der Waals surface area contributed by atoms with Crippen LogP contribution in [-0.4, -0.2) is 18.9 Å². The first kappa shape index (κ1) is 18.2. The SMILES string of the molecule is COc1ccccc1NC(=O)C(=O)N(Cc1ccccc1)c1ccccc1. The first-order chi connectivity index (χ1) is 13.2. The predicted octanol–water partition coefficient (Wildman–Crippen LogP) is 3.87. The van der Waals surface area contributed by atoms with Gasteiger partial charge in [-0.3, -0.25) is 14.5 Å². The third kappa shape index (κ3) is 4.52. The van der Waals surface area contributed by atoms with Crippen molar-refractivity contribution in [1.29, 1.82) is 0 Å². The summed E-state index contributed by atoms with van der Waals surface area (Å²) < 4.78 is 5.23. The van der Waals surface area contributed by atoms with Crippen LogP contribution in [0.4, 0.5) is 11.4 Å². The first-order valence-electron chi connectivity index (χ1n) is 8.54. The monoisotopic (exact) mass is 360 g/mol. The normalized spacial score (nSPS) is 10.1. The fourth-order valence-electron chi connectivity index (χ4n) is 2.70. The third-order valence-corrected chi connectivity index (χ3v) is 4.05. The zero-order valence-corrected chi connectivity index (χ0v) is 15.0. The van der Waals surface area contributed by atoms with Gasteiger partial charge in [0.05, 0.1) is 19.3 Å². The molecule has 0 saturated heterocycles. The highest BCUT2D eigenvalue weighted by Gasteiger charge is 2.24. The summed E-state index contributed by atoms with van der Waals surface area (Å²) in [7, 11) is 1.51. The Morgan fingerprint density at radius 3 is 2.11 bits per heavy atom. The number of para-hydroxylation sites is 3. The standard InChI is InChI=1S/C22H20N2O3/c1-27-20-15-9-8-14-19(20)23-21(25)22(26)24(18-12-6-3-7-13-18)16-17-10-4-2-5-11-17/h2-15H,16H2,1H3,(H,23,25). The molecule has 0 atom stereocenters. The fraction of sp³-hybridized carbons (Fsp3) is 0.0909. The van der Waals surface area contributed by atoms with E-state index in [9.17, 15) is 9.59 Å². The summed E-state index contributed by atoms with van der Waals surface area (Å²) in [5.41, 5.74) is 2.03. The number of carbonyl (C=O) groups excluding carboxylic acids is 2. The number of amides is 2. The lowest BCUT2D eigenvalue weighted by atomic mass is 10.2. The van der Waals surface area contributed by atoms with Gasteiger partial charge < -0.3 is 10.1 Å². The van der Waals surface area contributed by atoms with Crippen molar-refractivity contribution in [2.24, 2.45) is 0 Å². The van der Waals surface area contributed by atoms with Crippen LogP contribution in [0.15, 0.2) is 84.9 Å². The van der Waals surface area contributed by atoms with Gasteiger partial charge in [-0.1, -0.05) is 60.7 Å². The zero-order chi connectivity index (χ0) is 19.1. The summed E-state index contributed by atoms with van der Waals surface area (Å²) in [5.74, 6) is -0.872. The average Bonchev–Trinajstić information content (AvgIpc) is 2.73. The molecule has 5 nitrogen and oxygen atoms in total. The first-order valence-corrected chi connectivity index (χ1v) is 8.54. The van der Waals surface area contributed by atoms with E-state index in [2.05, 4.69) is 5.32 Å². The highest BCUT2D eigenvalue weighted by atomic mass is 16.5. The van der Waals surface area contributed by atoms with Crippen LogP contribution in [0.5, 0.6) is 5.75 Å². The van der Waals surface area contributed by atoms with E-state index in [1.165, 1.54) is 12.0 Å². The molecular weight excluding hydrogens is 340 g/mol. The van der Waals surface area contributed by atoms with E-state index in [0.29, 0.717) is 23.7 Å². The van der Waals surface area contributed by atoms with Gasteiger partial charge in [-0.05, 0) is 29.8 Å². The van der Waals surface area contributed by atoms with Crippen molar-refractivity contribution in [2.75, 3.05) is 17.3 Å². The molecule has 136 valence electrons. The van der Waals surface area contributed by atoms with Crippen molar-refractivity contribution in [3.8, 4) is 5.75 Å². The molecule has 5 heteroatoms. The summed E-state index contributed by atoms with van der Waals surface area (Å²) in [6, 6.07) is 25.6. The van der Waals surface area contributed by atoms with Crippen LogP contribution in [0.1, 0.15) is 5.56 Å². The molecule has 1 N–H and O–H groups in total. The quantitative estimate of drug-likeness (QED) is 0.703. The van der Waals surface area contributed by atoms with E-state index < -0.39 is 11.8 Å². The molecular formula is C22H20N2O3. The molecule has 3 rings (SSSR count). The van der Waals surface area contributed by atoms with Crippen LogP contribution in [-0.2, 0) is 16.1 Å². The fourth-order valence-corrected chi connectivity index (χ4v) is 2.70. The van der Waals surface area contributed by atoms with Gasteiger partial charge in [-0.25, -0.2) is 0 Å². The number of benzene rings is 3. The molecule has 0 aromatic heterocycles. The van der Waals surface area contributed by atoms with Crippen molar-refractivity contribution in [3.63, 3.8) is 0 Å². The van der Waals surface area contributed by atoms with Gasteiger partial charge in [0, 0.05) is 5.69 Å². The summed E-state index contributed by atoms with van der Waals surface area (Å²) in [6.45, 7) is 0.295. The van der Waals surface area contributed by atoms with Gasteiger partial charge in [0.25, 0.3) is 0 Å². The smallest absolute Gasteiger partial charge is 0.316 e. The van der Waals surface area contributed by atoms with Gasteiger partial charge in [0.15, 0.2) is 0 Å². The number of hydrogen-bond donors (Lipinski definition) is 1. The molecule has 0 saturated carbocycles. The van der Waals surface area contributed by atoms with Crippen molar-refractivity contribution in [1.82, 2.24) is 0 Å². The summed E-state index contributed by atoms with van der Waals surface area (Å²) in [6.07, 6.45) is 0. The number of anilines is 2. The van der Waals surface area contributed by atoms with E-state index in [4.69, 9.17) is 4.74 Å². The van der Waals surface area contributed by atoms with E-state index in [-0.39, 0.29) is 0 Å². The van der Waals surface area contributed by atoms with Crippen LogP contribution in [0.25, 0.3) is 0 Å². The van der Waals surface area contributed by atoms with Gasteiger partial charge in [0.1, 0.15) is 5.75 Å². The lowest BCUT2D eigenvalue weighted by molar-refractivity contribution is -0.134. The van der Waals surface area contributed by atoms with Crippen LogP contribution in [0.3, 0.4) is 0 Å². The van der Waals surface area contributed by atoms with Gasteiger partial charge in [-0.2, -0.15) is 0 Å². The Morgan fingerprint density at radius 1 is 0.852 bits per heavy atom. The Labute approximate surface area is 158 Å². The minimum Gasteiger partial charge on any atom is -0.495 e. The third-order valence-electron chi connectivity index (χ3n) is 4.05. The maximum Gasteiger partial charge on any atom is 0.316 e. The van der Waals surface area contributed by atoms with Crippen molar-refractivity contribution in [3.05, 3.63) is 90.5 Å². The van der Waals surface area contributed by atoms with E-state index in [1.807, 2.05) is 48.5 Å². The molecule has 27 heavy (non-hydrogen) atoms. The topological polar surface area (TPSA) is 58.6 Å². The Hall–Kier alpha value is -3.60. The molecule has 0 aliphatic heterocycles. The Morgan fingerprint density at radius 2 is 1.44 bits per heavy atom. The lowest BCUT2D eigenvalue weighted by Gasteiger charge is -2.22. The number of rotatable bonds is 5. The molecule has 0 radical (unpaired) electrons. The van der Waals surface area contributed by atoms with Crippen LogP contribution < -0.4 is 15.0 Å². The van der Waals surface area contributed by atoms with Crippen LogP contribution in [0.2, 0.25) is 0 Å². The Bertz CT molecular complexity index is 911. The highest BCUT2D eigenvalue weighted by molar-refractivity contribution is 6.44. The maximum absolute atomic E-state index is 12.9. The predicted molar refractivity (Wildman–Crippen MR) is 106 cm³/mol. The molecule has 0 heterocycles. The second kappa shape index (κ2) is 8.67. The largest absolute Gasteiger partial charge is 0.495 e. The number of nitrogens with zero attached hydrogens (tertiary/aromatic N) is 1. The number of hydrogen-bond acceptors (Lipinski definition) is 3. The molecule has 3 aromatic carbocycles. The Balaban J connectivity index is 1.85. The zero-order valence-electron chi connectivity index (χ0n) is 15.0. The van der Waals surface area contributed by atoms with E-state index >= 15 is 0 Å². The number of ether oxygens (including phenoxy) is 1. The molecule has 3 aromatic rings. The molecule has 0 aliphatic carbocycles. The molecule has 0 spiro atoms. The summed E-state index contributed by atoms with van der Waals surface area (Å²) in [5, 5.41) is 2.64. The summed E-state index contributed by atoms with van der Waals surface area (Å²) >= 11 is 0. The van der Waals surface area contributed by atoms with Gasteiger partial charge in [0.2, 0.25) is 0 Å². The number of methoxy groups -OCH3 is 1. The average molecular weight is 360 g/mol. The number of carbonyl (C=O) groups is 2. The van der Waals surface area contributed by atoms with Crippen molar-refractivity contribution in [2.45, 2.75) is 6.54 Å². The van der Waals surface area contributed by atoms with Crippen LogP contribution in [0, 0.1) is 0 Å². The van der Waals surface area contributed by atoms with Crippen molar-refractivity contribution >= 4 is 23.2 Å². The second-order valence-corrected chi connectivity index (χ2v) is 5.87. The molecule has 0 fully saturated rings. The minimum atomic E-state index is -0.723. The molecule has 0 aliphatic rings. The minimum absolute atomic E-state index is 0.295. The molecule has 2 amide bonds. The molecule has 0 bridgehead atoms. The highest BCUT2D eigenvalue weighted by Crippen LogP contribution is 2.24. The summed E-state index contributed by atoms with van der Waals surface area (Å²) in [4.78, 5) is 27.0. The second-order valence-electron chi connectivity index (χ2n) is 5.87. The van der Waals surface area contributed by atoms with E-state index in [1.54, 1.807) is 36.4 Å². The van der Waals surface area contributed by atoms with Gasteiger partial charge in [-0.15, -0.1) is 0 Å². The maximum atomic E-state index is 12.9.